The van der Waals surface area contributed by atoms with Gasteiger partial charge in [0.05, 0.1) is 5.69 Å². The summed E-state index contributed by atoms with van der Waals surface area (Å²) in [6.45, 7) is 0. The molecule has 76 valence electrons. The summed E-state index contributed by atoms with van der Waals surface area (Å²) in [6, 6.07) is 5.88. The van der Waals surface area contributed by atoms with Crippen molar-refractivity contribution < 1.29 is 0 Å². The Balaban J connectivity index is 2.14. The second-order valence-electron chi connectivity index (χ2n) is 3.95. The van der Waals surface area contributed by atoms with E-state index in [1.807, 2.05) is 12.1 Å². The molecule has 0 saturated heterocycles. The van der Waals surface area contributed by atoms with E-state index in [-0.39, 0.29) is 0 Å². The zero-order valence-electron chi connectivity index (χ0n) is 8.09. The topological polar surface area (TPSA) is 38.0 Å². The van der Waals surface area contributed by atoms with E-state index in [9.17, 15) is 0 Å². The molecule has 2 rings (SSSR count). The van der Waals surface area contributed by atoms with Gasteiger partial charge in [-0.1, -0.05) is 36.9 Å². The van der Waals surface area contributed by atoms with Crippen LogP contribution in [0, 0.1) is 5.92 Å². The zero-order chi connectivity index (χ0) is 9.97. The maximum atomic E-state index is 5.88. The summed E-state index contributed by atoms with van der Waals surface area (Å²) in [5.74, 6) is 6.30. The molecule has 1 aliphatic rings. The Morgan fingerprint density at radius 2 is 2.21 bits per heavy atom. The standard InChI is InChI=1S/C11H15ClN2/c12-10-5-4-9(11(7-10)14-13)6-8-2-1-3-8/h4-5,7-8,14H,1-3,6,13H2. The fourth-order valence-electron chi connectivity index (χ4n) is 1.87. The van der Waals surface area contributed by atoms with Crippen LogP contribution in [0.15, 0.2) is 18.2 Å². The molecule has 0 radical (unpaired) electrons. The highest BCUT2D eigenvalue weighted by Crippen LogP contribution is 2.32. The lowest BCUT2D eigenvalue weighted by Crippen LogP contribution is -2.16. The Hall–Kier alpha value is -0.730. The Labute approximate surface area is 89.4 Å². The molecule has 0 amide bonds. The first kappa shape index (κ1) is 9.81. The van der Waals surface area contributed by atoms with Gasteiger partial charge in [-0.3, -0.25) is 5.84 Å². The lowest BCUT2D eigenvalue weighted by atomic mass is 9.81. The van der Waals surface area contributed by atoms with Gasteiger partial charge in [0.2, 0.25) is 0 Å². The third-order valence-corrected chi connectivity index (χ3v) is 3.20. The van der Waals surface area contributed by atoms with Gasteiger partial charge in [-0.25, -0.2) is 0 Å². The van der Waals surface area contributed by atoms with Crippen molar-refractivity contribution in [1.82, 2.24) is 0 Å². The number of nitrogens with two attached hydrogens (primary N) is 1. The van der Waals surface area contributed by atoms with E-state index in [0.717, 1.165) is 23.0 Å². The lowest BCUT2D eigenvalue weighted by molar-refractivity contribution is 0.315. The molecule has 1 aromatic rings. The van der Waals surface area contributed by atoms with Crippen LogP contribution in [0.3, 0.4) is 0 Å². The summed E-state index contributed by atoms with van der Waals surface area (Å²) in [7, 11) is 0. The van der Waals surface area contributed by atoms with Crippen LogP contribution < -0.4 is 11.3 Å². The van der Waals surface area contributed by atoms with Crippen LogP contribution in [0.4, 0.5) is 5.69 Å². The van der Waals surface area contributed by atoms with Gasteiger partial charge in [0.25, 0.3) is 0 Å². The van der Waals surface area contributed by atoms with E-state index in [0.29, 0.717) is 0 Å². The first-order valence-corrected chi connectivity index (χ1v) is 5.42. The Bertz CT molecular complexity index is 321. The summed E-state index contributed by atoms with van der Waals surface area (Å²) < 4.78 is 0. The Morgan fingerprint density at radius 3 is 2.79 bits per heavy atom. The summed E-state index contributed by atoms with van der Waals surface area (Å²) in [6.07, 6.45) is 5.21. The number of nitrogen functional groups attached to an aromatic ring is 1. The average molecular weight is 211 g/mol. The van der Waals surface area contributed by atoms with Crippen LogP contribution in [0.2, 0.25) is 5.02 Å². The van der Waals surface area contributed by atoms with Gasteiger partial charge >= 0.3 is 0 Å². The minimum atomic E-state index is 0.732. The number of halogens is 1. The molecule has 14 heavy (non-hydrogen) atoms. The first-order valence-electron chi connectivity index (χ1n) is 5.04. The van der Waals surface area contributed by atoms with Crippen molar-refractivity contribution in [2.75, 3.05) is 5.43 Å². The smallest absolute Gasteiger partial charge is 0.0531 e. The van der Waals surface area contributed by atoms with Gasteiger partial charge < -0.3 is 5.43 Å². The second-order valence-corrected chi connectivity index (χ2v) is 4.38. The minimum absolute atomic E-state index is 0.732. The van der Waals surface area contributed by atoms with E-state index in [4.69, 9.17) is 17.4 Å². The fourth-order valence-corrected chi connectivity index (χ4v) is 2.04. The van der Waals surface area contributed by atoms with E-state index in [1.54, 1.807) is 0 Å². The van der Waals surface area contributed by atoms with Gasteiger partial charge in [-0.2, -0.15) is 0 Å². The van der Waals surface area contributed by atoms with E-state index < -0.39 is 0 Å². The highest BCUT2D eigenvalue weighted by Gasteiger charge is 2.18. The van der Waals surface area contributed by atoms with Crippen LogP contribution >= 0.6 is 11.6 Å². The third-order valence-electron chi connectivity index (χ3n) is 2.96. The number of nitrogens with one attached hydrogen (secondary N) is 1. The van der Waals surface area contributed by atoms with Gasteiger partial charge in [0, 0.05) is 5.02 Å². The molecule has 1 aliphatic carbocycles. The SMILES string of the molecule is NNc1cc(Cl)ccc1CC1CCC1. The second kappa shape index (κ2) is 4.20. The molecular formula is C11H15ClN2. The molecule has 1 fully saturated rings. The molecule has 0 atom stereocenters. The third kappa shape index (κ3) is 2.02. The van der Waals surface area contributed by atoms with Crippen LogP contribution in [-0.2, 0) is 6.42 Å². The molecule has 0 spiro atoms. The summed E-state index contributed by atoms with van der Waals surface area (Å²) >= 11 is 5.88. The number of hydrogen-bond donors (Lipinski definition) is 2. The van der Waals surface area contributed by atoms with Crippen molar-refractivity contribution >= 4 is 17.3 Å². The molecule has 3 N–H and O–H groups in total. The molecule has 0 heterocycles. The van der Waals surface area contributed by atoms with Crippen LogP contribution in [0.1, 0.15) is 24.8 Å². The van der Waals surface area contributed by atoms with Crippen LogP contribution in [0.5, 0.6) is 0 Å². The minimum Gasteiger partial charge on any atom is -0.324 e. The van der Waals surface area contributed by atoms with Crippen molar-refractivity contribution in [3.8, 4) is 0 Å². The predicted octanol–water partition coefficient (Wildman–Crippen LogP) is 2.97. The highest BCUT2D eigenvalue weighted by molar-refractivity contribution is 6.30. The van der Waals surface area contributed by atoms with Crippen molar-refractivity contribution in [3.63, 3.8) is 0 Å². The molecule has 1 saturated carbocycles. The molecular weight excluding hydrogens is 196 g/mol. The van der Waals surface area contributed by atoms with Gasteiger partial charge in [0.1, 0.15) is 0 Å². The number of anilines is 1. The maximum absolute atomic E-state index is 5.88. The molecule has 0 unspecified atom stereocenters. The highest BCUT2D eigenvalue weighted by atomic mass is 35.5. The monoisotopic (exact) mass is 210 g/mol. The Morgan fingerprint density at radius 1 is 1.43 bits per heavy atom. The number of rotatable bonds is 3. The molecule has 0 aliphatic heterocycles. The van der Waals surface area contributed by atoms with Crippen LogP contribution in [0.25, 0.3) is 0 Å². The maximum Gasteiger partial charge on any atom is 0.0531 e. The molecule has 3 heteroatoms. The van der Waals surface area contributed by atoms with E-state index in [2.05, 4.69) is 11.5 Å². The zero-order valence-corrected chi connectivity index (χ0v) is 8.85. The largest absolute Gasteiger partial charge is 0.324 e. The van der Waals surface area contributed by atoms with E-state index in [1.165, 1.54) is 24.8 Å². The summed E-state index contributed by atoms with van der Waals surface area (Å²) in [5, 5.41) is 0.732. The number of hydrogen-bond acceptors (Lipinski definition) is 2. The average Bonchev–Trinajstić information content (AvgIpc) is 2.13. The lowest BCUT2D eigenvalue weighted by Gasteiger charge is -2.26. The summed E-state index contributed by atoms with van der Waals surface area (Å²) in [4.78, 5) is 0. The van der Waals surface area contributed by atoms with Gasteiger partial charge in [0.15, 0.2) is 0 Å². The number of hydrazine groups is 1. The van der Waals surface area contributed by atoms with Gasteiger partial charge in [-0.15, -0.1) is 0 Å². The van der Waals surface area contributed by atoms with Crippen LogP contribution in [-0.4, -0.2) is 0 Å². The molecule has 2 nitrogen and oxygen atoms in total. The molecule has 1 aromatic carbocycles. The first-order chi connectivity index (χ1) is 6.79. The van der Waals surface area contributed by atoms with Crippen molar-refractivity contribution in [1.29, 1.82) is 0 Å². The van der Waals surface area contributed by atoms with Crippen molar-refractivity contribution in [3.05, 3.63) is 28.8 Å². The molecule has 0 bridgehead atoms. The van der Waals surface area contributed by atoms with Gasteiger partial charge in [-0.05, 0) is 30.0 Å². The molecule has 0 aromatic heterocycles. The quantitative estimate of drug-likeness (QED) is 0.595. The van der Waals surface area contributed by atoms with Crippen molar-refractivity contribution in [2.24, 2.45) is 11.8 Å². The summed E-state index contributed by atoms with van der Waals surface area (Å²) in [5.41, 5.74) is 4.95. The normalized spacial score (nSPS) is 16.4. The fraction of sp³-hybridized carbons (Fsp3) is 0.455. The van der Waals surface area contributed by atoms with E-state index >= 15 is 0 Å². The Kier molecular flexibility index (Phi) is 2.94. The predicted molar refractivity (Wildman–Crippen MR) is 60.3 cm³/mol. The number of benzene rings is 1. The van der Waals surface area contributed by atoms with Crippen molar-refractivity contribution in [2.45, 2.75) is 25.7 Å².